The number of amides is 1. The van der Waals surface area contributed by atoms with Crippen LogP contribution >= 0.6 is 0 Å². The van der Waals surface area contributed by atoms with Gasteiger partial charge in [-0.15, -0.1) is 0 Å². The van der Waals surface area contributed by atoms with E-state index in [0.29, 0.717) is 28.5 Å². The molecular formula is C17H16N4O4. The number of methoxy groups -OCH3 is 2. The molecule has 0 aliphatic carbocycles. The molecule has 1 aromatic carbocycles. The van der Waals surface area contributed by atoms with Crippen LogP contribution in [0.2, 0.25) is 0 Å². The molecule has 8 nitrogen and oxygen atoms in total. The standard InChI is InChI=1S/C17H16N4O4/c1-23-12-5-6-15(24-2)11(8-12)10-18-21-17(22)14-9-13(19-20-14)16-4-3-7-25-16/h3-10H,1-2H3,(H,19,20)(H,21,22)/b18-10-. The molecule has 0 bridgehead atoms. The van der Waals surface area contributed by atoms with Gasteiger partial charge in [-0.05, 0) is 30.3 Å². The van der Waals surface area contributed by atoms with Gasteiger partial charge in [0.15, 0.2) is 11.5 Å². The second-order valence-electron chi connectivity index (χ2n) is 4.95. The maximum Gasteiger partial charge on any atom is 0.291 e. The van der Waals surface area contributed by atoms with Crippen molar-refractivity contribution < 1.29 is 18.7 Å². The van der Waals surface area contributed by atoms with Crippen LogP contribution in [0.5, 0.6) is 11.5 Å². The fourth-order valence-corrected chi connectivity index (χ4v) is 2.15. The third-order valence-electron chi connectivity index (χ3n) is 3.40. The van der Waals surface area contributed by atoms with E-state index >= 15 is 0 Å². The summed E-state index contributed by atoms with van der Waals surface area (Å²) in [5, 5.41) is 10.6. The van der Waals surface area contributed by atoms with Crippen LogP contribution in [0.4, 0.5) is 0 Å². The Balaban J connectivity index is 1.69. The van der Waals surface area contributed by atoms with Crippen molar-refractivity contribution in [3.05, 3.63) is 53.9 Å². The van der Waals surface area contributed by atoms with Crippen LogP contribution in [0, 0.1) is 0 Å². The van der Waals surface area contributed by atoms with Crippen LogP contribution in [0.25, 0.3) is 11.5 Å². The second-order valence-corrected chi connectivity index (χ2v) is 4.95. The van der Waals surface area contributed by atoms with Crippen LogP contribution in [-0.4, -0.2) is 36.5 Å². The monoisotopic (exact) mass is 340 g/mol. The summed E-state index contributed by atoms with van der Waals surface area (Å²) < 4.78 is 15.6. The van der Waals surface area contributed by atoms with Crippen LogP contribution < -0.4 is 14.9 Å². The summed E-state index contributed by atoms with van der Waals surface area (Å²) in [6, 6.07) is 10.4. The summed E-state index contributed by atoms with van der Waals surface area (Å²) >= 11 is 0. The Morgan fingerprint density at radius 2 is 2.16 bits per heavy atom. The molecule has 1 amide bonds. The van der Waals surface area contributed by atoms with Crippen molar-refractivity contribution >= 4 is 12.1 Å². The number of carbonyl (C=O) groups is 1. The average molecular weight is 340 g/mol. The fourth-order valence-electron chi connectivity index (χ4n) is 2.15. The van der Waals surface area contributed by atoms with Gasteiger partial charge in [0.1, 0.15) is 17.2 Å². The molecule has 2 N–H and O–H groups in total. The number of aromatic amines is 1. The predicted molar refractivity (Wildman–Crippen MR) is 90.9 cm³/mol. The second kappa shape index (κ2) is 7.35. The molecule has 2 heterocycles. The molecule has 0 aliphatic heterocycles. The first kappa shape index (κ1) is 16.3. The quantitative estimate of drug-likeness (QED) is 0.530. The lowest BCUT2D eigenvalue weighted by molar-refractivity contribution is 0.0950. The van der Waals surface area contributed by atoms with Gasteiger partial charge < -0.3 is 13.9 Å². The number of ether oxygens (including phenoxy) is 2. The third-order valence-corrected chi connectivity index (χ3v) is 3.40. The van der Waals surface area contributed by atoms with E-state index in [1.807, 2.05) is 0 Å². The number of nitrogens with one attached hydrogen (secondary N) is 2. The molecule has 8 heteroatoms. The van der Waals surface area contributed by atoms with Gasteiger partial charge in [-0.25, -0.2) is 5.43 Å². The van der Waals surface area contributed by atoms with Crippen LogP contribution in [-0.2, 0) is 0 Å². The number of nitrogens with zero attached hydrogens (tertiary/aromatic N) is 2. The Bertz CT molecular complexity index is 884. The summed E-state index contributed by atoms with van der Waals surface area (Å²) in [5.41, 5.74) is 3.88. The SMILES string of the molecule is COc1ccc(OC)c(/C=N\NC(=O)c2cc(-c3ccco3)[nH]n2)c1. The molecule has 0 saturated carbocycles. The Kier molecular flexibility index (Phi) is 4.79. The third kappa shape index (κ3) is 3.69. The van der Waals surface area contributed by atoms with Gasteiger partial charge in [0.05, 0.1) is 26.7 Å². The van der Waals surface area contributed by atoms with Gasteiger partial charge in [0.25, 0.3) is 5.91 Å². The van der Waals surface area contributed by atoms with Gasteiger partial charge in [-0.3, -0.25) is 9.89 Å². The fraction of sp³-hybridized carbons (Fsp3) is 0.118. The topological polar surface area (TPSA) is 102 Å². The number of hydrogen-bond acceptors (Lipinski definition) is 6. The maximum absolute atomic E-state index is 12.1. The number of hydrogen-bond donors (Lipinski definition) is 2. The minimum absolute atomic E-state index is 0.196. The van der Waals surface area contributed by atoms with Crippen LogP contribution in [0.1, 0.15) is 16.1 Å². The average Bonchev–Trinajstić information content (AvgIpc) is 3.32. The molecule has 3 rings (SSSR count). The molecule has 0 atom stereocenters. The largest absolute Gasteiger partial charge is 0.497 e. The molecular weight excluding hydrogens is 324 g/mol. The summed E-state index contributed by atoms with van der Waals surface area (Å²) in [7, 11) is 3.12. The van der Waals surface area contributed by atoms with E-state index in [0.717, 1.165) is 0 Å². The number of hydrazone groups is 1. The van der Waals surface area contributed by atoms with Crippen LogP contribution in [0.3, 0.4) is 0 Å². The van der Waals surface area contributed by atoms with Crippen molar-refractivity contribution in [3.63, 3.8) is 0 Å². The summed E-state index contributed by atoms with van der Waals surface area (Å²) in [6.45, 7) is 0. The zero-order valence-corrected chi connectivity index (χ0v) is 13.6. The number of furan rings is 1. The first-order valence-corrected chi connectivity index (χ1v) is 7.36. The first-order valence-electron chi connectivity index (χ1n) is 7.36. The molecule has 0 saturated heterocycles. The lowest BCUT2D eigenvalue weighted by Gasteiger charge is -2.06. The van der Waals surface area contributed by atoms with Crippen molar-refractivity contribution in [3.8, 4) is 23.0 Å². The summed E-state index contributed by atoms with van der Waals surface area (Å²) in [4.78, 5) is 12.1. The summed E-state index contributed by atoms with van der Waals surface area (Å²) in [6.07, 6.45) is 3.01. The minimum atomic E-state index is -0.452. The van der Waals surface area contributed by atoms with Gasteiger partial charge in [0, 0.05) is 11.6 Å². The van der Waals surface area contributed by atoms with Crippen molar-refractivity contribution in [1.82, 2.24) is 15.6 Å². The molecule has 0 unspecified atom stereocenters. The van der Waals surface area contributed by atoms with Gasteiger partial charge >= 0.3 is 0 Å². The highest BCUT2D eigenvalue weighted by molar-refractivity contribution is 5.94. The highest BCUT2D eigenvalue weighted by atomic mass is 16.5. The van der Waals surface area contributed by atoms with Crippen molar-refractivity contribution in [2.45, 2.75) is 0 Å². The molecule has 0 spiro atoms. The molecule has 25 heavy (non-hydrogen) atoms. The van der Waals surface area contributed by atoms with Gasteiger partial charge in [-0.2, -0.15) is 10.2 Å². The Morgan fingerprint density at radius 1 is 1.28 bits per heavy atom. The number of aromatic nitrogens is 2. The van der Waals surface area contributed by atoms with Crippen molar-refractivity contribution in [2.24, 2.45) is 5.10 Å². The van der Waals surface area contributed by atoms with Gasteiger partial charge in [-0.1, -0.05) is 0 Å². The molecule has 0 fully saturated rings. The number of carbonyl (C=O) groups excluding carboxylic acids is 1. The van der Waals surface area contributed by atoms with E-state index in [4.69, 9.17) is 13.9 Å². The van der Waals surface area contributed by atoms with Crippen LogP contribution in [0.15, 0.2) is 52.2 Å². The lowest BCUT2D eigenvalue weighted by Crippen LogP contribution is -2.18. The lowest BCUT2D eigenvalue weighted by atomic mass is 10.2. The normalized spacial score (nSPS) is 10.8. The maximum atomic E-state index is 12.1. The zero-order valence-electron chi connectivity index (χ0n) is 13.6. The predicted octanol–water partition coefficient (Wildman–Crippen LogP) is 2.45. The summed E-state index contributed by atoms with van der Waals surface area (Å²) in [5.74, 6) is 1.41. The van der Waals surface area contributed by atoms with Crippen molar-refractivity contribution in [2.75, 3.05) is 14.2 Å². The number of H-pyrrole nitrogens is 1. The zero-order chi connectivity index (χ0) is 17.6. The molecule has 3 aromatic rings. The Labute approximate surface area is 143 Å². The highest BCUT2D eigenvalue weighted by Crippen LogP contribution is 2.22. The Hall–Kier alpha value is -3.55. The number of rotatable bonds is 6. The molecule has 0 radical (unpaired) electrons. The van der Waals surface area contributed by atoms with Gasteiger partial charge in [0.2, 0.25) is 0 Å². The van der Waals surface area contributed by atoms with E-state index in [2.05, 4.69) is 20.7 Å². The molecule has 2 aromatic heterocycles. The van der Waals surface area contributed by atoms with E-state index in [9.17, 15) is 4.79 Å². The smallest absolute Gasteiger partial charge is 0.291 e. The van der Waals surface area contributed by atoms with E-state index in [1.165, 1.54) is 6.21 Å². The molecule has 0 aliphatic rings. The number of benzene rings is 1. The van der Waals surface area contributed by atoms with E-state index in [1.54, 1.807) is 56.9 Å². The van der Waals surface area contributed by atoms with E-state index < -0.39 is 5.91 Å². The highest BCUT2D eigenvalue weighted by Gasteiger charge is 2.12. The molecule has 128 valence electrons. The minimum Gasteiger partial charge on any atom is -0.497 e. The Morgan fingerprint density at radius 3 is 2.88 bits per heavy atom. The first-order chi connectivity index (χ1) is 12.2. The van der Waals surface area contributed by atoms with E-state index in [-0.39, 0.29) is 5.69 Å². The van der Waals surface area contributed by atoms with Crippen molar-refractivity contribution in [1.29, 1.82) is 0 Å².